The molecule has 0 atom stereocenters. The molecule has 0 aliphatic heterocycles. The Hall–Kier alpha value is -4.22. The number of ether oxygens (including phenoxy) is 1. The van der Waals surface area contributed by atoms with E-state index in [9.17, 15) is 4.39 Å². The molecule has 11 heteroatoms. The number of hydrogen-bond acceptors (Lipinski definition) is 8. The smallest absolute Gasteiger partial charge is 0.315 e. The number of methoxy groups -OCH3 is 1. The largest absolute Gasteiger partial charge is 0.497 e. The van der Waals surface area contributed by atoms with Gasteiger partial charge in [0, 0.05) is 23.9 Å². The van der Waals surface area contributed by atoms with E-state index in [1.54, 1.807) is 31.4 Å². The van der Waals surface area contributed by atoms with Gasteiger partial charge in [-0.1, -0.05) is 23.5 Å². The van der Waals surface area contributed by atoms with Crippen LogP contribution in [0.25, 0.3) is 10.2 Å². The van der Waals surface area contributed by atoms with Crippen molar-refractivity contribution in [2.45, 2.75) is 12.3 Å². The predicted molar refractivity (Wildman–Crippen MR) is 141 cm³/mol. The lowest BCUT2D eigenvalue weighted by atomic mass is 10.1. The maximum atomic E-state index is 15.5. The van der Waals surface area contributed by atoms with Crippen LogP contribution in [-0.2, 0) is 12.3 Å². The van der Waals surface area contributed by atoms with Crippen LogP contribution in [0.4, 0.5) is 35.8 Å². The van der Waals surface area contributed by atoms with Gasteiger partial charge in [0.25, 0.3) is 0 Å². The first-order valence-corrected chi connectivity index (χ1v) is 12.4. The van der Waals surface area contributed by atoms with Gasteiger partial charge in [0.15, 0.2) is 5.13 Å². The Balaban J connectivity index is 1.51. The summed E-state index contributed by atoms with van der Waals surface area (Å²) in [7, 11) is 1.57. The van der Waals surface area contributed by atoms with Gasteiger partial charge in [0.05, 0.1) is 17.3 Å². The molecule has 3 N–H and O–H groups in total. The fraction of sp³-hybridized carbons (Fsp3) is 0.148. The molecule has 0 fully saturated rings. The van der Waals surface area contributed by atoms with Crippen LogP contribution in [-0.4, -0.2) is 33.8 Å². The molecule has 38 heavy (non-hydrogen) atoms. The lowest BCUT2D eigenvalue weighted by Gasteiger charge is -2.18. The Kier molecular flexibility index (Phi) is 7.12. The van der Waals surface area contributed by atoms with Crippen molar-refractivity contribution >= 4 is 44.1 Å². The summed E-state index contributed by atoms with van der Waals surface area (Å²) in [4.78, 5) is 13.0. The van der Waals surface area contributed by atoms with Crippen molar-refractivity contribution in [1.29, 1.82) is 0 Å². The number of aromatic nitrogens is 3. The van der Waals surface area contributed by atoms with Gasteiger partial charge >= 0.3 is 5.92 Å². The molecule has 0 aliphatic carbocycles. The van der Waals surface area contributed by atoms with Crippen molar-refractivity contribution in [2.75, 3.05) is 24.4 Å². The second-order valence-electron chi connectivity index (χ2n) is 8.32. The summed E-state index contributed by atoms with van der Waals surface area (Å²) in [6, 6.07) is 17.7. The van der Waals surface area contributed by atoms with Crippen LogP contribution in [0.1, 0.15) is 16.8 Å². The summed E-state index contributed by atoms with van der Waals surface area (Å²) in [5.41, 5.74) is 1.22. The summed E-state index contributed by atoms with van der Waals surface area (Å²) < 4.78 is 50.5. The quantitative estimate of drug-likeness (QED) is 0.201. The molecule has 0 saturated carbocycles. The Morgan fingerprint density at radius 3 is 2.39 bits per heavy atom. The minimum Gasteiger partial charge on any atom is -0.497 e. The van der Waals surface area contributed by atoms with Crippen LogP contribution in [0.2, 0.25) is 0 Å². The molecule has 0 unspecified atom stereocenters. The number of nitrogens with one attached hydrogen (secondary N) is 2. The Bertz CT molecular complexity index is 1560. The zero-order valence-corrected chi connectivity index (χ0v) is 20.9. The van der Waals surface area contributed by atoms with E-state index >= 15 is 8.78 Å². The highest BCUT2D eigenvalue weighted by Crippen LogP contribution is 2.37. The lowest BCUT2D eigenvalue weighted by Crippen LogP contribution is -2.19. The standard InChI is InChI=1S/C27H22F3N5O2S/c1-37-20-10-11-21-22(14-20)38-26(32-21)35-24-15-23(27(29,30)17-4-6-18(28)7-5-17)33-25(34-24)31-19-8-2-16(3-9-19)12-13-36/h2-11,14-15,36H,12-13H2,1H3,(H2,31,32,33,34,35). The number of aliphatic hydroxyl groups is 1. The van der Waals surface area contributed by atoms with Crippen molar-refractivity contribution in [3.8, 4) is 5.75 Å². The summed E-state index contributed by atoms with van der Waals surface area (Å²) in [5.74, 6) is -3.44. The molecule has 3 aromatic carbocycles. The van der Waals surface area contributed by atoms with E-state index in [0.717, 1.165) is 40.6 Å². The van der Waals surface area contributed by atoms with Crippen LogP contribution in [0, 0.1) is 5.82 Å². The van der Waals surface area contributed by atoms with Crippen molar-refractivity contribution in [3.63, 3.8) is 0 Å². The molecule has 0 saturated heterocycles. The van der Waals surface area contributed by atoms with Gasteiger partial charge in [-0.15, -0.1) is 0 Å². The van der Waals surface area contributed by atoms with Gasteiger partial charge in [-0.05, 0) is 66.6 Å². The number of alkyl halides is 2. The fourth-order valence-electron chi connectivity index (χ4n) is 3.74. The van der Waals surface area contributed by atoms with Crippen LogP contribution in [0.3, 0.4) is 0 Å². The normalized spacial score (nSPS) is 11.5. The van der Waals surface area contributed by atoms with Gasteiger partial charge in [0.1, 0.15) is 23.1 Å². The molecule has 0 amide bonds. The number of thiazole rings is 1. The second-order valence-corrected chi connectivity index (χ2v) is 9.35. The third-order valence-electron chi connectivity index (χ3n) is 5.70. The van der Waals surface area contributed by atoms with E-state index in [2.05, 4.69) is 25.6 Å². The minimum atomic E-state index is -3.53. The predicted octanol–water partition coefficient (Wildman–Crippen LogP) is 6.40. The van der Waals surface area contributed by atoms with Crippen molar-refractivity contribution in [2.24, 2.45) is 0 Å². The maximum Gasteiger partial charge on any atom is 0.315 e. The number of aliphatic hydroxyl groups excluding tert-OH is 1. The highest BCUT2D eigenvalue weighted by Gasteiger charge is 2.37. The van der Waals surface area contributed by atoms with E-state index < -0.39 is 23.0 Å². The van der Waals surface area contributed by atoms with Crippen LogP contribution in [0.5, 0.6) is 5.75 Å². The topological polar surface area (TPSA) is 92.2 Å². The van der Waals surface area contributed by atoms with Gasteiger partial charge < -0.3 is 20.5 Å². The number of anilines is 4. The molecule has 2 heterocycles. The zero-order chi connectivity index (χ0) is 26.7. The molecule has 5 aromatic rings. The first-order chi connectivity index (χ1) is 18.3. The van der Waals surface area contributed by atoms with Crippen LogP contribution in [0.15, 0.2) is 72.8 Å². The minimum absolute atomic E-state index is 0.0178. The molecule has 0 aliphatic rings. The number of benzene rings is 3. The Morgan fingerprint density at radius 1 is 0.921 bits per heavy atom. The first-order valence-electron chi connectivity index (χ1n) is 11.6. The third kappa shape index (κ3) is 5.53. The van der Waals surface area contributed by atoms with Crippen molar-refractivity contribution in [1.82, 2.24) is 15.0 Å². The Labute approximate surface area is 220 Å². The molecule has 0 bridgehead atoms. The molecule has 0 spiro atoms. The number of hydrogen-bond donors (Lipinski definition) is 3. The van der Waals surface area contributed by atoms with Crippen molar-refractivity contribution < 1.29 is 23.0 Å². The third-order valence-corrected chi connectivity index (χ3v) is 6.63. The highest BCUT2D eigenvalue weighted by atomic mass is 32.1. The molecular formula is C27H22F3N5O2S. The number of rotatable bonds is 9. The molecule has 5 rings (SSSR count). The molecule has 0 radical (unpaired) electrons. The van der Waals surface area contributed by atoms with Gasteiger partial charge in [-0.3, -0.25) is 0 Å². The van der Waals surface area contributed by atoms with E-state index in [1.807, 2.05) is 18.2 Å². The van der Waals surface area contributed by atoms with Crippen molar-refractivity contribution in [3.05, 3.63) is 95.4 Å². The summed E-state index contributed by atoms with van der Waals surface area (Å²) in [6.07, 6.45) is 0.498. The maximum absolute atomic E-state index is 15.5. The average Bonchev–Trinajstić information content (AvgIpc) is 3.31. The van der Waals surface area contributed by atoms with Gasteiger partial charge in [0.2, 0.25) is 5.95 Å². The van der Waals surface area contributed by atoms with E-state index in [0.29, 0.717) is 28.5 Å². The summed E-state index contributed by atoms with van der Waals surface area (Å²) in [5, 5.41) is 15.5. The van der Waals surface area contributed by atoms with Gasteiger partial charge in [-0.25, -0.2) is 14.4 Å². The van der Waals surface area contributed by atoms with Crippen LogP contribution < -0.4 is 15.4 Å². The first kappa shape index (κ1) is 25.4. The monoisotopic (exact) mass is 537 g/mol. The Morgan fingerprint density at radius 2 is 1.68 bits per heavy atom. The SMILES string of the molecule is COc1ccc2nc(Nc3cc(C(F)(F)c4ccc(F)cc4)nc(Nc4ccc(CCO)cc4)n3)sc2c1. The lowest BCUT2D eigenvalue weighted by molar-refractivity contribution is 0.0380. The summed E-state index contributed by atoms with van der Waals surface area (Å²) in [6.45, 7) is 0.0178. The number of fused-ring (bicyclic) bond motifs is 1. The van der Waals surface area contributed by atoms with E-state index in [4.69, 9.17) is 9.84 Å². The highest BCUT2D eigenvalue weighted by molar-refractivity contribution is 7.22. The molecule has 2 aromatic heterocycles. The van der Waals surface area contributed by atoms with Gasteiger partial charge in [-0.2, -0.15) is 13.8 Å². The molecule has 7 nitrogen and oxygen atoms in total. The summed E-state index contributed by atoms with van der Waals surface area (Å²) >= 11 is 1.32. The second kappa shape index (κ2) is 10.6. The van der Waals surface area contributed by atoms with Crippen LogP contribution >= 0.6 is 11.3 Å². The number of nitrogens with zero attached hydrogens (tertiary/aromatic N) is 3. The zero-order valence-electron chi connectivity index (χ0n) is 20.1. The number of halogens is 3. The molecular weight excluding hydrogens is 515 g/mol. The average molecular weight is 538 g/mol. The van der Waals surface area contributed by atoms with E-state index in [-0.39, 0.29) is 18.4 Å². The van der Waals surface area contributed by atoms with E-state index in [1.165, 1.54) is 11.3 Å². The fourth-order valence-corrected chi connectivity index (χ4v) is 4.64. The molecule has 194 valence electrons.